The SMILES string of the molecule is CNCCC#Cc1cc2c(cc1Cl)OCO2. The van der Waals surface area contributed by atoms with Gasteiger partial charge in [0.15, 0.2) is 11.5 Å². The third-order valence-electron chi connectivity index (χ3n) is 2.19. The second-order valence-electron chi connectivity index (χ2n) is 3.34. The number of nitrogens with one attached hydrogen (secondary N) is 1. The van der Waals surface area contributed by atoms with Gasteiger partial charge in [-0.05, 0) is 7.05 Å². The van der Waals surface area contributed by atoms with Crippen LogP contribution in [0.4, 0.5) is 0 Å². The molecule has 0 fully saturated rings. The molecule has 3 nitrogen and oxygen atoms in total. The molecule has 0 unspecified atom stereocenters. The Hall–Kier alpha value is -1.37. The second-order valence-corrected chi connectivity index (χ2v) is 3.75. The molecule has 0 radical (unpaired) electrons. The van der Waals surface area contributed by atoms with Crippen molar-refractivity contribution < 1.29 is 9.47 Å². The van der Waals surface area contributed by atoms with Crippen molar-refractivity contribution in [2.45, 2.75) is 6.42 Å². The van der Waals surface area contributed by atoms with Crippen LogP contribution in [0.3, 0.4) is 0 Å². The van der Waals surface area contributed by atoms with E-state index in [9.17, 15) is 0 Å². The molecule has 4 heteroatoms. The van der Waals surface area contributed by atoms with E-state index in [4.69, 9.17) is 21.1 Å². The van der Waals surface area contributed by atoms with Crippen molar-refractivity contribution in [1.82, 2.24) is 5.32 Å². The van der Waals surface area contributed by atoms with Crippen LogP contribution >= 0.6 is 11.6 Å². The lowest BCUT2D eigenvalue weighted by atomic mass is 10.2. The molecule has 1 N–H and O–H groups in total. The summed E-state index contributed by atoms with van der Waals surface area (Å²) in [5.41, 5.74) is 0.780. The van der Waals surface area contributed by atoms with Crippen LogP contribution in [-0.2, 0) is 0 Å². The highest BCUT2D eigenvalue weighted by atomic mass is 35.5. The van der Waals surface area contributed by atoms with Gasteiger partial charge < -0.3 is 14.8 Å². The quantitative estimate of drug-likeness (QED) is 0.631. The van der Waals surface area contributed by atoms with E-state index in [2.05, 4.69) is 17.2 Å². The van der Waals surface area contributed by atoms with Crippen LogP contribution in [0.2, 0.25) is 5.02 Å². The van der Waals surface area contributed by atoms with Crippen molar-refractivity contribution in [3.05, 3.63) is 22.7 Å². The molecule has 16 heavy (non-hydrogen) atoms. The minimum Gasteiger partial charge on any atom is -0.454 e. The zero-order chi connectivity index (χ0) is 11.4. The predicted molar refractivity (Wildman–Crippen MR) is 63.0 cm³/mol. The van der Waals surface area contributed by atoms with Gasteiger partial charge in [-0.1, -0.05) is 23.4 Å². The van der Waals surface area contributed by atoms with Gasteiger partial charge in [0.05, 0.1) is 5.02 Å². The summed E-state index contributed by atoms with van der Waals surface area (Å²) in [5, 5.41) is 3.63. The van der Waals surface area contributed by atoms with Crippen LogP contribution in [0, 0.1) is 11.8 Å². The van der Waals surface area contributed by atoms with Crippen LogP contribution in [0.25, 0.3) is 0 Å². The van der Waals surface area contributed by atoms with Crippen molar-refractivity contribution in [2.24, 2.45) is 0 Å². The van der Waals surface area contributed by atoms with E-state index in [1.54, 1.807) is 6.07 Å². The summed E-state index contributed by atoms with van der Waals surface area (Å²) < 4.78 is 10.5. The topological polar surface area (TPSA) is 30.5 Å². The molecule has 1 aliphatic heterocycles. The molecule has 0 saturated heterocycles. The largest absolute Gasteiger partial charge is 0.454 e. The number of hydrogen-bond acceptors (Lipinski definition) is 3. The molecule has 0 atom stereocenters. The van der Waals surface area contributed by atoms with E-state index >= 15 is 0 Å². The van der Waals surface area contributed by atoms with Gasteiger partial charge in [0.25, 0.3) is 0 Å². The van der Waals surface area contributed by atoms with Crippen molar-refractivity contribution in [2.75, 3.05) is 20.4 Å². The Morgan fingerprint density at radius 3 is 2.88 bits per heavy atom. The lowest BCUT2D eigenvalue weighted by Crippen LogP contribution is -2.05. The minimum absolute atomic E-state index is 0.252. The molecular formula is C12H12ClNO2. The standard InChI is InChI=1S/C12H12ClNO2/c1-14-5-3-2-4-9-6-11-12(7-10(9)13)16-8-15-11/h6-7,14H,3,5,8H2,1H3. The lowest BCUT2D eigenvalue weighted by molar-refractivity contribution is 0.174. The average molecular weight is 238 g/mol. The van der Waals surface area contributed by atoms with Gasteiger partial charge >= 0.3 is 0 Å². The van der Waals surface area contributed by atoms with Gasteiger partial charge in [0.2, 0.25) is 6.79 Å². The van der Waals surface area contributed by atoms with Gasteiger partial charge in [-0.2, -0.15) is 0 Å². The highest BCUT2D eigenvalue weighted by Crippen LogP contribution is 2.36. The van der Waals surface area contributed by atoms with Crippen molar-refractivity contribution >= 4 is 11.6 Å². The molecule has 84 valence electrons. The zero-order valence-corrected chi connectivity index (χ0v) is 9.73. The Labute approximate surface area is 99.7 Å². The maximum atomic E-state index is 6.07. The summed E-state index contributed by atoms with van der Waals surface area (Å²) in [6.07, 6.45) is 0.793. The van der Waals surface area contributed by atoms with Crippen LogP contribution < -0.4 is 14.8 Å². The van der Waals surface area contributed by atoms with Gasteiger partial charge in [-0.3, -0.25) is 0 Å². The van der Waals surface area contributed by atoms with Crippen LogP contribution in [-0.4, -0.2) is 20.4 Å². The summed E-state index contributed by atoms with van der Waals surface area (Å²) in [7, 11) is 1.90. The van der Waals surface area contributed by atoms with E-state index in [1.807, 2.05) is 13.1 Å². The van der Waals surface area contributed by atoms with Crippen molar-refractivity contribution in [3.8, 4) is 23.3 Å². The summed E-state index contributed by atoms with van der Waals surface area (Å²) in [6, 6.07) is 3.56. The third kappa shape index (κ3) is 2.41. The molecule has 1 aromatic carbocycles. The molecule has 1 aliphatic rings. The molecule has 0 bridgehead atoms. The first-order valence-electron chi connectivity index (χ1n) is 5.04. The van der Waals surface area contributed by atoms with Crippen LogP contribution in [0.15, 0.2) is 12.1 Å². The fraction of sp³-hybridized carbons (Fsp3) is 0.333. The number of ether oxygens (including phenoxy) is 2. The summed E-state index contributed by atoms with van der Waals surface area (Å²) >= 11 is 6.07. The fourth-order valence-corrected chi connectivity index (χ4v) is 1.56. The first-order chi connectivity index (χ1) is 7.81. The Morgan fingerprint density at radius 1 is 1.38 bits per heavy atom. The Morgan fingerprint density at radius 2 is 2.12 bits per heavy atom. The smallest absolute Gasteiger partial charge is 0.231 e. The van der Waals surface area contributed by atoms with E-state index < -0.39 is 0 Å². The van der Waals surface area contributed by atoms with Crippen molar-refractivity contribution in [1.29, 1.82) is 0 Å². The first kappa shape index (κ1) is 11.1. The van der Waals surface area contributed by atoms with E-state index in [0.29, 0.717) is 16.5 Å². The number of rotatable bonds is 2. The van der Waals surface area contributed by atoms with Crippen LogP contribution in [0.5, 0.6) is 11.5 Å². The molecule has 2 rings (SSSR count). The number of fused-ring (bicyclic) bond motifs is 1. The maximum Gasteiger partial charge on any atom is 0.231 e. The molecule has 1 aromatic rings. The molecule has 0 amide bonds. The zero-order valence-electron chi connectivity index (χ0n) is 8.97. The summed E-state index contributed by atoms with van der Waals surface area (Å²) in [4.78, 5) is 0. The number of hydrogen-bond donors (Lipinski definition) is 1. The van der Waals surface area contributed by atoms with Gasteiger partial charge in [-0.25, -0.2) is 0 Å². The molecule has 0 aliphatic carbocycles. The number of halogens is 1. The monoisotopic (exact) mass is 237 g/mol. The molecule has 0 spiro atoms. The number of benzene rings is 1. The van der Waals surface area contributed by atoms with E-state index in [0.717, 1.165) is 18.5 Å². The van der Waals surface area contributed by atoms with Crippen LogP contribution in [0.1, 0.15) is 12.0 Å². The molecule has 0 aromatic heterocycles. The Balaban J connectivity index is 2.17. The summed E-state index contributed by atoms with van der Waals surface area (Å²) in [5.74, 6) is 7.46. The third-order valence-corrected chi connectivity index (χ3v) is 2.50. The molecular weight excluding hydrogens is 226 g/mol. The average Bonchev–Trinajstić information content (AvgIpc) is 2.71. The van der Waals surface area contributed by atoms with Gasteiger partial charge in [-0.15, -0.1) is 0 Å². The fourth-order valence-electron chi connectivity index (χ4n) is 1.36. The first-order valence-corrected chi connectivity index (χ1v) is 5.41. The molecule has 0 saturated carbocycles. The van der Waals surface area contributed by atoms with Gasteiger partial charge in [0, 0.05) is 30.7 Å². The van der Waals surface area contributed by atoms with Gasteiger partial charge in [0.1, 0.15) is 0 Å². The second kappa shape index (κ2) is 5.11. The van der Waals surface area contributed by atoms with E-state index in [1.165, 1.54) is 0 Å². The maximum absolute atomic E-state index is 6.07. The van der Waals surface area contributed by atoms with E-state index in [-0.39, 0.29) is 6.79 Å². The Bertz CT molecular complexity index is 448. The highest BCUT2D eigenvalue weighted by molar-refractivity contribution is 6.32. The normalized spacial score (nSPS) is 12.1. The summed E-state index contributed by atoms with van der Waals surface area (Å²) in [6.45, 7) is 1.12. The lowest BCUT2D eigenvalue weighted by Gasteiger charge is -1.99. The molecule has 1 heterocycles. The predicted octanol–water partition coefficient (Wildman–Crippen LogP) is 2.03. The minimum atomic E-state index is 0.252. The Kier molecular flexibility index (Phi) is 3.55. The highest BCUT2D eigenvalue weighted by Gasteiger charge is 2.15. The van der Waals surface area contributed by atoms with Crippen molar-refractivity contribution in [3.63, 3.8) is 0 Å².